The molecule has 1 saturated heterocycles. The monoisotopic (exact) mass is 179 g/mol. The van der Waals surface area contributed by atoms with E-state index in [1.165, 1.54) is 0 Å². The summed E-state index contributed by atoms with van der Waals surface area (Å²) >= 11 is 0. The Hall–Kier alpha value is -0.433. The van der Waals surface area contributed by atoms with E-state index < -0.39 is 18.1 Å². The van der Waals surface area contributed by atoms with Crippen LogP contribution in [0.5, 0.6) is 0 Å². The van der Waals surface area contributed by atoms with Gasteiger partial charge in [-0.1, -0.05) is 0 Å². The molecular formula is C5H13NO4Si. The fraction of sp³-hybridized carbons (Fsp3) is 0.800. The molecule has 0 bridgehead atoms. The minimum absolute atomic E-state index is 0.306. The number of carbonyl (C=O) groups is 1. The molecule has 2 atom stereocenters. The molecule has 0 aromatic carbocycles. The summed E-state index contributed by atoms with van der Waals surface area (Å²) in [7, 11) is 0.306. The van der Waals surface area contributed by atoms with Gasteiger partial charge < -0.3 is 20.3 Å². The lowest BCUT2D eigenvalue weighted by Gasteiger charge is -2.06. The maximum Gasteiger partial charge on any atom is 0.323 e. The van der Waals surface area contributed by atoms with Crippen molar-refractivity contribution >= 4 is 16.5 Å². The number of carboxylic acid groups (broad SMARTS) is 1. The Labute approximate surface area is 67.6 Å². The summed E-state index contributed by atoms with van der Waals surface area (Å²) in [5.41, 5.74) is 0. The third kappa shape index (κ3) is 2.98. The summed E-state index contributed by atoms with van der Waals surface area (Å²) in [5, 5.41) is 19.9. The quantitative estimate of drug-likeness (QED) is 0.323. The van der Waals surface area contributed by atoms with Crippen LogP contribution in [0.1, 0.15) is 6.42 Å². The van der Waals surface area contributed by atoms with Gasteiger partial charge in [-0.25, -0.2) is 0 Å². The highest BCUT2D eigenvalue weighted by Gasteiger charge is 2.30. The van der Waals surface area contributed by atoms with E-state index in [1.807, 2.05) is 0 Å². The van der Waals surface area contributed by atoms with Crippen LogP contribution in [-0.2, 0) is 4.79 Å². The second-order valence-electron chi connectivity index (χ2n) is 2.13. The van der Waals surface area contributed by atoms with Crippen LogP contribution in [0.3, 0.4) is 0 Å². The van der Waals surface area contributed by atoms with Crippen molar-refractivity contribution in [2.75, 3.05) is 6.54 Å². The maximum absolute atomic E-state index is 10.2. The molecule has 4 N–H and O–H groups in total. The van der Waals surface area contributed by atoms with E-state index in [-0.39, 0.29) is 0 Å². The Morgan fingerprint density at radius 1 is 1.55 bits per heavy atom. The minimum atomic E-state index is -0.972. The Bertz CT molecular complexity index is 132. The number of hydrogen-bond donors (Lipinski definition) is 4. The van der Waals surface area contributed by atoms with Crippen LogP contribution in [0.2, 0.25) is 0 Å². The van der Waals surface area contributed by atoms with Crippen molar-refractivity contribution in [1.29, 1.82) is 0 Å². The van der Waals surface area contributed by atoms with Crippen molar-refractivity contribution in [2.24, 2.45) is 0 Å². The van der Waals surface area contributed by atoms with E-state index in [0.29, 0.717) is 23.5 Å². The van der Waals surface area contributed by atoms with Crippen LogP contribution < -0.4 is 5.32 Å². The smallest absolute Gasteiger partial charge is 0.323 e. The molecule has 0 aliphatic carbocycles. The van der Waals surface area contributed by atoms with Crippen LogP contribution in [0.25, 0.3) is 0 Å². The van der Waals surface area contributed by atoms with Gasteiger partial charge in [0.15, 0.2) is 0 Å². The summed E-state index contributed by atoms with van der Waals surface area (Å²) in [6, 6.07) is -0.745. The number of rotatable bonds is 1. The molecule has 0 saturated carbocycles. The zero-order chi connectivity index (χ0) is 8.85. The fourth-order valence-corrected chi connectivity index (χ4v) is 0.941. The van der Waals surface area contributed by atoms with Crippen LogP contribution in [0, 0.1) is 0 Å². The Morgan fingerprint density at radius 3 is 2.27 bits per heavy atom. The van der Waals surface area contributed by atoms with E-state index in [4.69, 9.17) is 15.0 Å². The van der Waals surface area contributed by atoms with Gasteiger partial charge in [0.05, 0.1) is 6.10 Å². The molecule has 0 radical (unpaired) electrons. The topological polar surface area (TPSA) is 89.8 Å². The molecule has 0 spiro atoms. The molecule has 0 amide bonds. The number of carboxylic acids is 1. The summed E-state index contributed by atoms with van der Waals surface area (Å²) in [6.07, 6.45) is -0.167. The van der Waals surface area contributed by atoms with Crippen molar-refractivity contribution in [3.8, 4) is 0 Å². The zero-order valence-corrected chi connectivity index (χ0v) is 8.32. The fourth-order valence-electron chi connectivity index (χ4n) is 0.941. The minimum Gasteiger partial charge on any atom is -0.480 e. The summed E-state index contributed by atoms with van der Waals surface area (Å²) < 4.78 is 0. The van der Waals surface area contributed by atoms with Gasteiger partial charge in [0.1, 0.15) is 16.5 Å². The van der Waals surface area contributed by atoms with E-state index in [9.17, 15) is 4.79 Å². The molecule has 1 unspecified atom stereocenters. The van der Waals surface area contributed by atoms with Gasteiger partial charge in [0.25, 0.3) is 0 Å². The van der Waals surface area contributed by atoms with Gasteiger partial charge in [-0.2, -0.15) is 0 Å². The third-order valence-electron chi connectivity index (χ3n) is 1.46. The van der Waals surface area contributed by atoms with Gasteiger partial charge in [0.2, 0.25) is 0 Å². The average Bonchev–Trinajstić information content (AvgIpc) is 2.39. The first-order valence-corrected chi connectivity index (χ1v) is 4.20. The predicted octanol–water partition coefficient (Wildman–Crippen LogP) is -2.95. The molecule has 0 aromatic rings. The summed E-state index contributed by atoms with van der Waals surface area (Å²) in [4.78, 5) is 17.3. The molecule has 1 rings (SSSR count). The highest BCUT2D eigenvalue weighted by Crippen LogP contribution is 2.05. The van der Waals surface area contributed by atoms with Crippen molar-refractivity contribution < 1.29 is 19.8 Å². The van der Waals surface area contributed by atoms with Crippen molar-refractivity contribution in [1.82, 2.24) is 5.32 Å². The first-order chi connectivity index (χ1) is 5.22. The number of aliphatic hydroxyl groups is 1. The first kappa shape index (κ1) is 10.6. The number of hydrogen-bond acceptors (Lipinski definition) is 4. The van der Waals surface area contributed by atoms with Gasteiger partial charge in [0, 0.05) is 0 Å². The second kappa shape index (κ2) is 5.25. The normalized spacial score (nSPS) is 29.3. The van der Waals surface area contributed by atoms with Crippen LogP contribution in [0.4, 0.5) is 0 Å². The maximum atomic E-state index is 10.2. The average molecular weight is 179 g/mol. The van der Waals surface area contributed by atoms with E-state index in [2.05, 4.69) is 5.32 Å². The van der Waals surface area contributed by atoms with Gasteiger partial charge in [-0.3, -0.25) is 4.79 Å². The highest BCUT2D eigenvalue weighted by atomic mass is 28.2. The predicted molar refractivity (Wildman–Crippen MR) is 42.2 cm³/mol. The molecule has 0 aromatic heterocycles. The first-order valence-electron chi connectivity index (χ1n) is 3.31. The molecule has 1 heterocycles. The van der Waals surface area contributed by atoms with Gasteiger partial charge in [-0.15, -0.1) is 0 Å². The van der Waals surface area contributed by atoms with E-state index in [0.717, 1.165) is 0 Å². The lowest BCUT2D eigenvalue weighted by atomic mass is 10.2. The molecule has 6 heteroatoms. The van der Waals surface area contributed by atoms with E-state index in [1.54, 1.807) is 0 Å². The summed E-state index contributed by atoms with van der Waals surface area (Å²) in [5.74, 6) is -0.972. The zero-order valence-electron chi connectivity index (χ0n) is 6.32. The van der Waals surface area contributed by atoms with Gasteiger partial charge >= 0.3 is 5.97 Å². The molecular weight excluding hydrogens is 166 g/mol. The van der Waals surface area contributed by atoms with E-state index >= 15 is 0 Å². The molecule has 66 valence electrons. The standard InChI is InChI=1S/C5H9NO3.H4OSi/c7-3-1-2-6-4(3)5(8)9;1-2/h3-4,6-7H,1-2H2,(H,8,9);1H,2H3/t3?,4-;/m0./s1. The highest BCUT2D eigenvalue weighted by molar-refractivity contribution is 5.95. The largest absolute Gasteiger partial charge is 0.480 e. The number of nitrogens with one attached hydrogen (secondary N) is 1. The Balaban J connectivity index is 0.000000461. The van der Waals surface area contributed by atoms with Crippen LogP contribution in [0.15, 0.2) is 0 Å². The van der Waals surface area contributed by atoms with Crippen LogP contribution in [-0.4, -0.2) is 50.2 Å². The third-order valence-corrected chi connectivity index (χ3v) is 1.46. The Morgan fingerprint density at radius 2 is 2.09 bits per heavy atom. The molecule has 5 nitrogen and oxygen atoms in total. The van der Waals surface area contributed by atoms with Crippen molar-refractivity contribution in [3.63, 3.8) is 0 Å². The molecule has 1 aliphatic rings. The lowest BCUT2D eigenvalue weighted by molar-refractivity contribution is -0.141. The second-order valence-corrected chi connectivity index (χ2v) is 2.13. The Kier molecular flexibility index (Phi) is 5.04. The number of aliphatic hydroxyl groups excluding tert-OH is 1. The van der Waals surface area contributed by atoms with Gasteiger partial charge in [-0.05, 0) is 13.0 Å². The lowest BCUT2D eigenvalue weighted by Crippen LogP contribution is -2.38. The van der Waals surface area contributed by atoms with Crippen molar-refractivity contribution in [2.45, 2.75) is 18.6 Å². The molecule has 1 fully saturated rings. The SMILES string of the molecule is O=C(O)[C@H]1NCCC1O.O[SiH3]. The number of aliphatic carboxylic acids is 1. The van der Waals surface area contributed by atoms with Crippen LogP contribution >= 0.6 is 0 Å². The molecule has 1 aliphatic heterocycles. The molecule has 11 heavy (non-hydrogen) atoms. The summed E-state index contributed by atoms with van der Waals surface area (Å²) in [6.45, 7) is 0.595. The van der Waals surface area contributed by atoms with Crippen molar-refractivity contribution in [3.05, 3.63) is 0 Å².